The van der Waals surface area contributed by atoms with Gasteiger partial charge in [-0.25, -0.2) is 12.7 Å². The van der Waals surface area contributed by atoms with Crippen molar-refractivity contribution in [3.63, 3.8) is 0 Å². The van der Waals surface area contributed by atoms with E-state index < -0.39 is 15.9 Å². The van der Waals surface area contributed by atoms with E-state index in [1.54, 1.807) is 36.4 Å². The molecule has 0 bridgehead atoms. The summed E-state index contributed by atoms with van der Waals surface area (Å²) < 4.78 is 41.5. The van der Waals surface area contributed by atoms with Crippen molar-refractivity contribution < 1.29 is 31.9 Å². The molecular weight excluding hydrogens is 450 g/mol. The normalized spacial score (nSPS) is 11.2. The number of nitrogens with one attached hydrogen (secondary N) is 2. The van der Waals surface area contributed by atoms with Gasteiger partial charge in [0.1, 0.15) is 11.5 Å². The Morgan fingerprint density at radius 3 is 2.36 bits per heavy atom. The van der Waals surface area contributed by atoms with Crippen LogP contribution in [0.2, 0.25) is 0 Å². The Labute approximate surface area is 191 Å². The highest BCUT2D eigenvalue weighted by Crippen LogP contribution is 2.28. The van der Waals surface area contributed by atoms with Gasteiger partial charge >= 0.3 is 0 Å². The van der Waals surface area contributed by atoms with Crippen LogP contribution < -0.4 is 20.1 Å². The summed E-state index contributed by atoms with van der Waals surface area (Å²) in [4.78, 5) is 24.4. The van der Waals surface area contributed by atoms with E-state index in [4.69, 9.17) is 13.9 Å². The zero-order chi connectivity index (χ0) is 24.0. The molecule has 0 aliphatic heterocycles. The Kier molecular flexibility index (Phi) is 7.36. The van der Waals surface area contributed by atoms with E-state index >= 15 is 0 Å². The molecule has 11 heteroatoms. The molecular formula is C22H23N3O7S. The number of amides is 2. The van der Waals surface area contributed by atoms with Gasteiger partial charge in [-0.3, -0.25) is 9.59 Å². The minimum atomic E-state index is -3.68. The lowest BCUT2D eigenvalue weighted by molar-refractivity contribution is -0.118. The Balaban J connectivity index is 1.60. The summed E-state index contributed by atoms with van der Waals surface area (Å²) in [6.45, 7) is -0.327. The summed E-state index contributed by atoms with van der Waals surface area (Å²) in [5.74, 6) is -0.0111. The summed E-state index contributed by atoms with van der Waals surface area (Å²) in [5, 5.41) is 5.27. The zero-order valence-electron chi connectivity index (χ0n) is 18.2. The topological polar surface area (TPSA) is 127 Å². The number of anilines is 2. The Morgan fingerprint density at radius 1 is 1.03 bits per heavy atom. The molecule has 0 fully saturated rings. The lowest BCUT2D eigenvalue weighted by Gasteiger charge is -2.15. The number of hydrogen-bond acceptors (Lipinski definition) is 7. The van der Waals surface area contributed by atoms with Crippen molar-refractivity contribution in [2.75, 3.05) is 38.4 Å². The van der Waals surface area contributed by atoms with Crippen LogP contribution in [0, 0.1) is 0 Å². The van der Waals surface area contributed by atoms with Crippen molar-refractivity contribution in [3.8, 4) is 11.5 Å². The van der Waals surface area contributed by atoms with Crippen LogP contribution in [0.15, 0.2) is 70.2 Å². The highest BCUT2D eigenvalue weighted by molar-refractivity contribution is 7.89. The predicted molar refractivity (Wildman–Crippen MR) is 121 cm³/mol. The summed E-state index contributed by atoms with van der Waals surface area (Å²) in [7, 11) is 0.559. The number of benzene rings is 2. The smallest absolute Gasteiger partial charge is 0.291 e. The number of sulfonamides is 1. The molecule has 2 N–H and O–H groups in total. The number of furan rings is 1. The van der Waals surface area contributed by atoms with Gasteiger partial charge in [0.2, 0.25) is 10.0 Å². The van der Waals surface area contributed by atoms with Crippen LogP contribution >= 0.6 is 0 Å². The third kappa shape index (κ3) is 5.90. The monoisotopic (exact) mass is 473 g/mol. The van der Waals surface area contributed by atoms with Gasteiger partial charge in [0, 0.05) is 19.8 Å². The number of carbonyl (C=O) groups excluding carboxylic acids is 2. The van der Waals surface area contributed by atoms with Gasteiger partial charge in [-0.2, -0.15) is 0 Å². The molecule has 33 heavy (non-hydrogen) atoms. The maximum atomic E-state index is 12.4. The third-order valence-corrected chi connectivity index (χ3v) is 6.26. The Morgan fingerprint density at radius 2 is 1.76 bits per heavy atom. The van der Waals surface area contributed by atoms with Gasteiger partial charge in [0.15, 0.2) is 12.4 Å². The maximum Gasteiger partial charge on any atom is 0.291 e. The SMILES string of the molecule is COc1ccc(S(=O)(=O)N(C)C)cc1NC(=O)COc1ccc(NC(=O)c2ccco2)cc1. The number of methoxy groups -OCH3 is 1. The van der Waals surface area contributed by atoms with E-state index in [0.29, 0.717) is 17.2 Å². The summed E-state index contributed by atoms with van der Waals surface area (Å²) >= 11 is 0. The van der Waals surface area contributed by atoms with Crippen LogP contribution in [0.1, 0.15) is 10.6 Å². The lowest BCUT2D eigenvalue weighted by Crippen LogP contribution is -2.23. The Hall–Kier alpha value is -3.83. The van der Waals surface area contributed by atoms with Gasteiger partial charge < -0.3 is 24.5 Å². The molecule has 0 saturated heterocycles. The van der Waals surface area contributed by atoms with Crippen molar-refractivity contribution in [2.45, 2.75) is 4.90 Å². The van der Waals surface area contributed by atoms with Crippen molar-refractivity contribution >= 4 is 33.2 Å². The first kappa shape index (κ1) is 23.8. The molecule has 3 aromatic rings. The van der Waals surface area contributed by atoms with Crippen LogP contribution in [0.3, 0.4) is 0 Å². The van der Waals surface area contributed by atoms with Crippen molar-refractivity contribution in [1.29, 1.82) is 0 Å². The number of nitrogens with zero attached hydrogens (tertiary/aromatic N) is 1. The molecule has 2 amide bonds. The highest BCUT2D eigenvalue weighted by atomic mass is 32.2. The first-order valence-electron chi connectivity index (χ1n) is 9.69. The molecule has 1 heterocycles. The standard InChI is InChI=1S/C22H23N3O7S/c1-25(2)33(28,29)17-10-11-19(30-3)18(13-17)24-21(26)14-32-16-8-6-15(7-9-16)23-22(27)20-5-4-12-31-20/h4-13H,14H2,1-3H3,(H,23,27)(H,24,26). The molecule has 0 spiro atoms. The fourth-order valence-electron chi connectivity index (χ4n) is 2.73. The average Bonchev–Trinajstić information content (AvgIpc) is 3.33. The second-order valence-corrected chi connectivity index (χ2v) is 9.09. The van der Waals surface area contributed by atoms with E-state index in [2.05, 4.69) is 10.6 Å². The lowest BCUT2D eigenvalue weighted by atomic mass is 10.3. The van der Waals surface area contributed by atoms with Crippen LogP contribution in [-0.2, 0) is 14.8 Å². The molecule has 2 aromatic carbocycles. The number of rotatable bonds is 9. The minimum Gasteiger partial charge on any atom is -0.495 e. The predicted octanol–water partition coefficient (Wildman–Crippen LogP) is 2.81. The van der Waals surface area contributed by atoms with Crippen molar-refractivity contribution in [2.24, 2.45) is 0 Å². The zero-order valence-corrected chi connectivity index (χ0v) is 19.0. The fourth-order valence-corrected chi connectivity index (χ4v) is 3.65. The molecule has 0 aliphatic carbocycles. The second kappa shape index (κ2) is 10.2. The Bertz CT molecular complexity index is 1220. The van der Waals surface area contributed by atoms with E-state index in [9.17, 15) is 18.0 Å². The second-order valence-electron chi connectivity index (χ2n) is 6.94. The van der Waals surface area contributed by atoms with Crippen LogP contribution in [-0.4, -0.2) is 52.3 Å². The molecule has 0 aliphatic rings. The molecule has 10 nitrogen and oxygen atoms in total. The molecule has 0 radical (unpaired) electrons. The summed E-state index contributed by atoms with van der Waals surface area (Å²) in [6.07, 6.45) is 1.41. The van der Waals surface area contributed by atoms with E-state index in [1.165, 1.54) is 45.7 Å². The molecule has 0 saturated carbocycles. The van der Waals surface area contributed by atoms with E-state index in [0.717, 1.165) is 4.31 Å². The quantitative estimate of drug-likeness (QED) is 0.489. The minimum absolute atomic E-state index is 0.0108. The fraction of sp³-hybridized carbons (Fsp3) is 0.182. The number of carbonyl (C=O) groups is 2. The first-order valence-corrected chi connectivity index (χ1v) is 11.1. The molecule has 1 aromatic heterocycles. The largest absolute Gasteiger partial charge is 0.495 e. The van der Waals surface area contributed by atoms with Crippen molar-refractivity contribution in [1.82, 2.24) is 4.31 Å². The highest BCUT2D eigenvalue weighted by Gasteiger charge is 2.20. The van der Waals surface area contributed by atoms with Gasteiger partial charge in [0.05, 0.1) is 24.0 Å². The molecule has 0 unspecified atom stereocenters. The molecule has 174 valence electrons. The molecule has 0 atom stereocenters. The van der Waals surface area contributed by atoms with Gasteiger partial charge in [0.25, 0.3) is 11.8 Å². The van der Waals surface area contributed by atoms with Gasteiger partial charge in [-0.15, -0.1) is 0 Å². The van der Waals surface area contributed by atoms with Crippen LogP contribution in [0.25, 0.3) is 0 Å². The van der Waals surface area contributed by atoms with E-state index in [-0.39, 0.29) is 28.9 Å². The third-order valence-electron chi connectivity index (χ3n) is 4.45. The number of ether oxygens (including phenoxy) is 2. The molecule has 3 rings (SSSR count). The summed E-state index contributed by atoms with van der Waals surface area (Å²) in [6, 6.07) is 13.8. The average molecular weight is 474 g/mol. The first-order chi connectivity index (χ1) is 15.7. The number of hydrogen-bond donors (Lipinski definition) is 2. The maximum absolute atomic E-state index is 12.4. The van der Waals surface area contributed by atoms with Gasteiger partial charge in [-0.1, -0.05) is 0 Å². The van der Waals surface area contributed by atoms with Crippen molar-refractivity contribution in [3.05, 3.63) is 66.6 Å². The van der Waals surface area contributed by atoms with Crippen LogP contribution in [0.4, 0.5) is 11.4 Å². The van der Waals surface area contributed by atoms with Crippen LogP contribution in [0.5, 0.6) is 11.5 Å². The summed E-state index contributed by atoms with van der Waals surface area (Å²) in [5.41, 5.74) is 0.724. The van der Waals surface area contributed by atoms with E-state index in [1.807, 2.05) is 0 Å². The van der Waals surface area contributed by atoms with Gasteiger partial charge in [-0.05, 0) is 54.6 Å².